The second-order valence-electron chi connectivity index (χ2n) is 5.35. The van der Waals surface area contributed by atoms with Crippen LogP contribution in [-0.2, 0) is 4.79 Å². The van der Waals surface area contributed by atoms with E-state index in [1.807, 2.05) is 20.8 Å². The van der Waals surface area contributed by atoms with Gasteiger partial charge in [0.1, 0.15) is 0 Å². The minimum absolute atomic E-state index is 0.0636. The van der Waals surface area contributed by atoms with Gasteiger partial charge in [-0.25, -0.2) is 0 Å². The number of carbonyl (C=O) groups excluding carboxylic acids is 2. The predicted molar refractivity (Wildman–Crippen MR) is 72.3 cm³/mol. The smallest absolute Gasteiger partial charge is 0.220 e. The van der Waals surface area contributed by atoms with Gasteiger partial charge in [-0.15, -0.1) is 0 Å². The lowest BCUT2D eigenvalue weighted by atomic mass is 10.0. The fraction of sp³-hybridized carbons (Fsp3) is 0.429. The largest absolute Gasteiger partial charge is 0.399 e. The van der Waals surface area contributed by atoms with Crippen molar-refractivity contribution in [2.75, 3.05) is 5.73 Å². The van der Waals surface area contributed by atoms with Gasteiger partial charge in [0.25, 0.3) is 0 Å². The van der Waals surface area contributed by atoms with Crippen molar-refractivity contribution in [3.8, 4) is 0 Å². The molecule has 0 heterocycles. The molecule has 1 rings (SSSR count). The van der Waals surface area contributed by atoms with Crippen molar-refractivity contribution in [3.63, 3.8) is 0 Å². The monoisotopic (exact) mass is 248 g/mol. The number of rotatable bonds is 4. The number of nitrogens with one attached hydrogen (secondary N) is 1. The van der Waals surface area contributed by atoms with E-state index in [4.69, 9.17) is 5.73 Å². The molecule has 0 aliphatic rings. The summed E-state index contributed by atoms with van der Waals surface area (Å²) in [6, 6.07) is 6.80. The van der Waals surface area contributed by atoms with E-state index in [1.165, 1.54) is 0 Å². The van der Waals surface area contributed by atoms with Crippen LogP contribution in [-0.4, -0.2) is 17.2 Å². The Hall–Kier alpha value is -1.84. The number of hydrogen-bond acceptors (Lipinski definition) is 3. The number of hydrogen-bond donors (Lipinski definition) is 2. The van der Waals surface area contributed by atoms with Crippen LogP contribution >= 0.6 is 0 Å². The first-order valence-electron chi connectivity index (χ1n) is 5.98. The van der Waals surface area contributed by atoms with Crippen LogP contribution < -0.4 is 11.1 Å². The van der Waals surface area contributed by atoms with Gasteiger partial charge in [-0.2, -0.15) is 0 Å². The molecule has 1 aromatic rings. The van der Waals surface area contributed by atoms with Gasteiger partial charge in [0.05, 0.1) is 0 Å². The highest BCUT2D eigenvalue weighted by molar-refractivity contribution is 5.98. The highest BCUT2D eigenvalue weighted by Crippen LogP contribution is 2.10. The van der Waals surface area contributed by atoms with Crippen LogP contribution in [0.1, 0.15) is 44.0 Å². The van der Waals surface area contributed by atoms with Crippen molar-refractivity contribution in [3.05, 3.63) is 29.8 Å². The first-order chi connectivity index (χ1) is 8.28. The van der Waals surface area contributed by atoms with Crippen molar-refractivity contribution in [1.29, 1.82) is 0 Å². The molecule has 0 fully saturated rings. The Morgan fingerprint density at radius 2 is 1.89 bits per heavy atom. The van der Waals surface area contributed by atoms with E-state index in [-0.39, 0.29) is 30.1 Å². The Kier molecular flexibility index (Phi) is 4.48. The Labute approximate surface area is 108 Å². The molecule has 1 aromatic carbocycles. The zero-order valence-electron chi connectivity index (χ0n) is 11.1. The van der Waals surface area contributed by atoms with Gasteiger partial charge in [-0.3, -0.25) is 9.59 Å². The molecule has 0 unspecified atom stereocenters. The van der Waals surface area contributed by atoms with Gasteiger partial charge >= 0.3 is 0 Å². The highest BCUT2D eigenvalue weighted by atomic mass is 16.2. The molecule has 0 bridgehead atoms. The number of nitrogens with two attached hydrogens (primary N) is 1. The molecule has 0 spiro atoms. The standard InChI is InChI=1S/C14H20N2O2/c1-14(2,3)16-13(18)8-7-12(17)10-5-4-6-11(15)9-10/h4-6,9H,7-8,15H2,1-3H3,(H,16,18). The van der Waals surface area contributed by atoms with Crippen LogP contribution in [0.2, 0.25) is 0 Å². The van der Waals surface area contributed by atoms with Crippen LogP contribution in [0, 0.1) is 0 Å². The van der Waals surface area contributed by atoms with Crippen molar-refractivity contribution >= 4 is 17.4 Å². The fourth-order valence-electron chi connectivity index (χ4n) is 1.56. The molecule has 0 saturated carbocycles. The summed E-state index contributed by atoms with van der Waals surface area (Å²) >= 11 is 0. The number of anilines is 1. The average molecular weight is 248 g/mol. The zero-order valence-corrected chi connectivity index (χ0v) is 11.1. The molecule has 0 atom stereocenters. The average Bonchev–Trinajstić information content (AvgIpc) is 2.23. The maximum Gasteiger partial charge on any atom is 0.220 e. The number of benzene rings is 1. The maximum atomic E-state index is 11.8. The van der Waals surface area contributed by atoms with Gasteiger partial charge < -0.3 is 11.1 Å². The second-order valence-corrected chi connectivity index (χ2v) is 5.35. The third-order valence-corrected chi connectivity index (χ3v) is 2.30. The molecule has 4 heteroatoms. The molecule has 4 nitrogen and oxygen atoms in total. The Balaban J connectivity index is 2.49. The van der Waals surface area contributed by atoms with Gasteiger partial charge in [-0.05, 0) is 32.9 Å². The van der Waals surface area contributed by atoms with Crippen LogP contribution in [0.3, 0.4) is 0 Å². The molecule has 0 aliphatic carbocycles. The van der Waals surface area contributed by atoms with Crippen LogP contribution in [0.15, 0.2) is 24.3 Å². The zero-order chi connectivity index (χ0) is 13.8. The summed E-state index contributed by atoms with van der Waals surface area (Å²) in [4.78, 5) is 23.4. The van der Waals surface area contributed by atoms with Crippen LogP contribution in [0.5, 0.6) is 0 Å². The van der Waals surface area contributed by atoms with E-state index < -0.39 is 0 Å². The molecule has 0 saturated heterocycles. The Morgan fingerprint density at radius 3 is 2.44 bits per heavy atom. The highest BCUT2D eigenvalue weighted by Gasteiger charge is 2.15. The van der Waals surface area contributed by atoms with Crippen LogP contribution in [0.25, 0.3) is 0 Å². The van der Waals surface area contributed by atoms with E-state index in [1.54, 1.807) is 24.3 Å². The van der Waals surface area contributed by atoms with Crippen molar-refractivity contribution < 1.29 is 9.59 Å². The van der Waals surface area contributed by atoms with E-state index in [2.05, 4.69) is 5.32 Å². The molecular formula is C14H20N2O2. The van der Waals surface area contributed by atoms with Crippen LogP contribution in [0.4, 0.5) is 5.69 Å². The summed E-state index contributed by atoms with van der Waals surface area (Å²) < 4.78 is 0. The van der Waals surface area contributed by atoms with Gasteiger partial charge in [0.2, 0.25) is 5.91 Å². The number of Topliss-reactive ketones (excluding diaryl/α,β-unsaturated/α-hetero) is 1. The summed E-state index contributed by atoms with van der Waals surface area (Å²) in [7, 11) is 0. The summed E-state index contributed by atoms with van der Waals surface area (Å²) in [5, 5.41) is 2.82. The maximum absolute atomic E-state index is 11.8. The normalized spacial score (nSPS) is 11.1. The van der Waals surface area contributed by atoms with Crippen molar-refractivity contribution in [2.45, 2.75) is 39.2 Å². The molecule has 98 valence electrons. The van der Waals surface area contributed by atoms with Gasteiger partial charge in [0, 0.05) is 29.6 Å². The molecule has 1 amide bonds. The molecule has 18 heavy (non-hydrogen) atoms. The van der Waals surface area contributed by atoms with E-state index in [0.29, 0.717) is 11.3 Å². The number of carbonyl (C=O) groups is 2. The second kappa shape index (κ2) is 5.67. The summed E-state index contributed by atoms with van der Waals surface area (Å²) in [6.45, 7) is 5.72. The van der Waals surface area contributed by atoms with E-state index >= 15 is 0 Å². The number of nitrogen functional groups attached to an aromatic ring is 1. The number of amides is 1. The number of ketones is 1. The minimum atomic E-state index is -0.267. The lowest BCUT2D eigenvalue weighted by Crippen LogP contribution is -2.40. The van der Waals surface area contributed by atoms with Gasteiger partial charge in [0.15, 0.2) is 5.78 Å². The van der Waals surface area contributed by atoms with E-state index in [0.717, 1.165) is 0 Å². The molecule has 0 aliphatic heterocycles. The summed E-state index contributed by atoms with van der Waals surface area (Å²) in [5.74, 6) is -0.175. The molecule has 0 aromatic heterocycles. The first-order valence-corrected chi connectivity index (χ1v) is 5.98. The Morgan fingerprint density at radius 1 is 1.22 bits per heavy atom. The fourth-order valence-corrected chi connectivity index (χ4v) is 1.56. The quantitative estimate of drug-likeness (QED) is 0.633. The molecular weight excluding hydrogens is 228 g/mol. The minimum Gasteiger partial charge on any atom is -0.399 e. The third kappa shape index (κ3) is 4.99. The molecule has 0 radical (unpaired) electrons. The summed E-state index contributed by atoms with van der Waals surface area (Å²) in [6.07, 6.45) is 0.399. The lowest BCUT2D eigenvalue weighted by Gasteiger charge is -2.20. The lowest BCUT2D eigenvalue weighted by molar-refractivity contribution is -0.122. The Bertz CT molecular complexity index is 447. The van der Waals surface area contributed by atoms with Crippen molar-refractivity contribution in [2.24, 2.45) is 0 Å². The first kappa shape index (κ1) is 14.2. The third-order valence-electron chi connectivity index (χ3n) is 2.30. The SMILES string of the molecule is CC(C)(C)NC(=O)CCC(=O)c1cccc(N)c1. The summed E-state index contributed by atoms with van der Waals surface area (Å²) in [5.41, 5.74) is 6.45. The topological polar surface area (TPSA) is 72.2 Å². The molecule has 3 N–H and O–H groups in total. The van der Waals surface area contributed by atoms with E-state index in [9.17, 15) is 9.59 Å². The van der Waals surface area contributed by atoms with Crippen molar-refractivity contribution in [1.82, 2.24) is 5.32 Å². The van der Waals surface area contributed by atoms with Gasteiger partial charge in [-0.1, -0.05) is 12.1 Å². The predicted octanol–water partition coefficient (Wildman–Crippen LogP) is 2.15.